The van der Waals surface area contributed by atoms with Gasteiger partial charge in [0.05, 0.1) is 10.5 Å². The van der Waals surface area contributed by atoms with Crippen LogP contribution in [0.3, 0.4) is 0 Å². The van der Waals surface area contributed by atoms with Gasteiger partial charge in [0.25, 0.3) is 5.91 Å². The molecule has 0 aromatic heterocycles. The Morgan fingerprint density at radius 3 is 2.88 bits per heavy atom. The van der Waals surface area contributed by atoms with Gasteiger partial charge >= 0.3 is 0 Å². The highest BCUT2D eigenvalue weighted by Gasteiger charge is 2.07. The van der Waals surface area contributed by atoms with Gasteiger partial charge in [0.1, 0.15) is 5.82 Å². The Morgan fingerprint density at radius 1 is 1.47 bits per heavy atom. The Labute approximate surface area is 108 Å². The van der Waals surface area contributed by atoms with Gasteiger partial charge in [-0.2, -0.15) is 5.26 Å². The largest absolute Gasteiger partial charge is 0.352 e. The molecule has 0 radical (unpaired) electrons. The van der Waals surface area contributed by atoms with Crippen molar-refractivity contribution in [3.05, 3.63) is 34.1 Å². The van der Waals surface area contributed by atoms with E-state index in [4.69, 9.17) is 5.26 Å². The zero-order valence-electron chi connectivity index (χ0n) is 9.17. The number of nitriles is 1. The van der Waals surface area contributed by atoms with Gasteiger partial charge < -0.3 is 5.32 Å². The second-order valence-electron chi connectivity index (χ2n) is 3.50. The van der Waals surface area contributed by atoms with Crippen molar-refractivity contribution >= 4 is 21.8 Å². The first kappa shape index (κ1) is 13.7. The summed E-state index contributed by atoms with van der Waals surface area (Å²) >= 11 is 3.02. The number of nitrogens with one attached hydrogen (secondary N) is 1. The number of nitrogens with zero attached hydrogens (tertiary/aromatic N) is 1. The van der Waals surface area contributed by atoms with Gasteiger partial charge in [-0.15, -0.1) is 0 Å². The number of unbranched alkanes of at least 4 members (excludes halogenated alkanes) is 2. The first-order valence-electron chi connectivity index (χ1n) is 5.25. The fourth-order valence-corrected chi connectivity index (χ4v) is 1.52. The van der Waals surface area contributed by atoms with Gasteiger partial charge in [-0.1, -0.05) is 0 Å². The number of benzene rings is 1. The van der Waals surface area contributed by atoms with Crippen LogP contribution in [-0.2, 0) is 0 Å². The van der Waals surface area contributed by atoms with Crippen molar-refractivity contribution < 1.29 is 9.18 Å². The molecule has 1 rings (SSSR count). The third-order valence-electron chi connectivity index (χ3n) is 2.18. The van der Waals surface area contributed by atoms with E-state index >= 15 is 0 Å². The Hall–Kier alpha value is -1.41. The molecular weight excluding hydrogens is 287 g/mol. The molecular formula is C12H12BrFN2O. The van der Waals surface area contributed by atoms with Crippen LogP contribution < -0.4 is 5.32 Å². The molecule has 0 aliphatic carbocycles. The van der Waals surface area contributed by atoms with Crippen LogP contribution in [-0.4, -0.2) is 12.5 Å². The Kier molecular flexibility index (Phi) is 5.64. The van der Waals surface area contributed by atoms with E-state index in [0.29, 0.717) is 23.0 Å². The SMILES string of the molecule is N#CCCCCNC(=O)c1ccc(Br)c(F)c1. The number of hydrogen-bond donors (Lipinski definition) is 1. The lowest BCUT2D eigenvalue weighted by atomic mass is 10.2. The summed E-state index contributed by atoms with van der Waals surface area (Å²) in [5.74, 6) is -0.754. The lowest BCUT2D eigenvalue weighted by Gasteiger charge is -2.05. The molecule has 0 atom stereocenters. The van der Waals surface area contributed by atoms with Crippen LogP contribution in [0.25, 0.3) is 0 Å². The number of hydrogen-bond acceptors (Lipinski definition) is 2. The second kappa shape index (κ2) is 7.02. The highest BCUT2D eigenvalue weighted by Crippen LogP contribution is 2.16. The summed E-state index contributed by atoms with van der Waals surface area (Å²) < 4.78 is 13.5. The van der Waals surface area contributed by atoms with Crippen molar-refractivity contribution in [2.24, 2.45) is 0 Å². The topological polar surface area (TPSA) is 52.9 Å². The highest BCUT2D eigenvalue weighted by molar-refractivity contribution is 9.10. The standard InChI is InChI=1S/C12H12BrFN2O/c13-10-5-4-9(8-11(10)14)12(17)16-7-3-1-2-6-15/h4-5,8H,1-3,7H2,(H,16,17). The van der Waals surface area contributed by atoms with E-state index in [0.717, 1.165) is 12.8 Å². The summed E-state index contributed by atoms with van der Waals surface area (Å²) in [4.78, 5) is 11.6. The van der Waals surface area contributed by atoms with Crippen LogP contribution in [0, 0.1) is 17.1 Å². The smallest absolute Gasteiger partial charge is 0.251 e. The van der Waals surface area contributed by atoms with Crippen LogP contribution >= 0.6 is 15.9 Å². The molecule has 5 heteroatoms. The fraction of sp³-hybridized carbons (Fsp3) is 0.333. The molecule has 1 amide bonds. The van der Waals surface area contributed by atoms with Gasteiger partial charge in [0.2, 0.25) is 0 Å². The zero-order valence-corrected chi connectivity index (χ0v) is 10.8. The van der Waals surface area contributed by atoms with Gasteiger partial charge in [-0.05, 0) is 47.0 Å². The fourth-order valence-electron chi connectivity index (χ4n) is 1.27. The Balaban J connectivity index is 2.42. The molecule has 0 saturated heterocycles. The number of halogens is 2. The Bertz CT molecular complexity index is 443. The zero-order chi connectivity index (χ0) is 12.7. The minimum absolute atomic E-state index is 0.297. The lowest BCUT2D eigenvalue weighted by molar-refractivity contribution is 0.0952. The van der Waals surface area contributed by atoms with Crippen molar-refractivity contribution in [2.45, 2.75) is 19.3 Å². The molecule has 17 heavy (non-hydrogen) atoms. The van der Waals surface area contributed by atoms with Crippen molar-refractivity contribution in [1.82, 2.24) is 5.32 Å². The molecule has 0 aliphatic rings. The molecule has 0 heterocycles. The average Bonchev–Trinajstić information content (AvgIpc) is 2.32. The van der Waals surface area contributed by atoms with Gasteiger partial charge in [0.15, 0.2) is 0 Å². The van der Waals surface area contributed by atoms with E-state index in [-0.39, 0.29) is 5.91 Å². The number of rotatable bonds is 5. The van der Waals surface area contributed by atoms with Crippen molar-refractivity contribution in [3.8, 4) is 6.07 Å². The molecule has 1 N–H and O–H groups in total. The number of carbonyl (C=O) groups excluding carboxylic acids is 1. The van der Waals surface area contributed by atoms with E-state index in [1.165, 1.54) is 12.1 Å². The quantitative estimate of drug-likeness (QED) is 0.850. The predicted molar refractivity (Wildman–Crippen MR) is 65.9 cm³/mol. The molecule has 0 fully saturated rings. The molecule has 1 aromatic carbocycles. The van der Waals surface area contributed by atoms with Crippen molar-refractivity contribution in [1.29, 1.82) is 5.26 Å². The van der Waals surface area contributed by atoms with Gasteiger partial charge in [-0.3, -0.25) is 4.79 Å². The minimum Gasteiger partial charge on any atom is -0.352 e. The van der Waals surface area contributed by atoms with E-state index in [1.54, 1.807) is 6.07 Å². The molecule has 0 spiro atoms. The molecule has 3 nitrogen and oxygen atoms in total. The minimum atomic E-state index is -0.456. The van der Waals surface area contributed by atoms with E-state index in [2.05, 4.69) is 21.2 Å². The molecule has 0 saturated carbocycles. The first-order valence-corrected chi connectivity index (χ1v) is 6.04. The molecule has 90 valence electrons. The van der Waals surface area contributed by atoms with Gasteiger partial charge in [-0.25, -0.2) is 4.39 Å². The van der Waals surface area contributed by atoms with E-state index in [9.17, 15) is 9.18 Å². The first-order chi connectivity index (χ1) is 8.15. The maximum absolute atomic E-state index is 13.2. The molecule has 0 aliphatic heterocycles. The summed E-state index contributed by atoms with van der Waals surface area (Å²) in [6.45, 7) is 0.498. The number of carbonyl (C=O) groups is 1. The maximum atomic E-state index is 13.2. The number of amides is 1. The average molecular weight is 299 g/mol. The molecule has 0 unspecified atom stereocenters. The lowest BCUT2D eigenvalue weighted by Crippen LogP contribution is -2.24. The van der Waals surface area contributed by atoms with E-state index < -0.39 is 5.82 Å². The van der Waals surface area contributed by atoms with Crippen LogP contribution in [0.15, 0.2) is 22.7 Å². The van der Waals surface area contributed by atoms with Crippen LogP contribution in [0.1, 0.15) is 29.6 Å². The van der Waals surface area contributed by atoms with Crippen molar-refractivity contribution in [3.63, 3.8) is 0 Å². The Morgan fingerprint density at radius 2 is 2.24 bits per heavy atom. The van der Waals surface area contributed by atoms with Crippen molar-refractivity contribution in [2.75, 3.05) is 6.54 Å². The maximum Gasteiger partial charge on any atom is 0.251 e. The predicted octanol–water partition coefficient (Wildman–Crippen LogP) is 3.01. The summed E-state index contributed by atoms with van der Waals surface area (Å²) in [6.07, 6.45) is 1.99. The third-order valence-corrected chi connectivity index (χ3v) is 2.83. The van der Waals surface area contributed by atoms with Crippen LogP contribution in [0.2, 0.25) is 0 Å². The molecule has 0 bridgehead atoms. The third kappa shape index (κ3) is 4.53. The normalized spacial score (nSPS) is 9.71. The summed E-state index contributed by atoms with van der Waals surface area (Å²) in [5.41, 5.74) is 0.297. The van der Waals surface area contributed by atoms with E-state index in [1.807, 2.05) is 6.07 Å². The summed E-state index contributed by atoms with van der Waals surface area (Å²) in [7, 11) is 0. The second-order valence-corrected chi connectivity index (χ2v) is 4.35. The summed E-state index contributed by atoms with van der Waals surface area (Å²) in [6, 6.07) is 6.28. The van der Waals surface area contributed by atoms with Gasteiger partial charge in [0, 0.05) is 18.5 Å². The van der Waals surface area contributed by atoms with Crippen LogP contribution in [0.4, 0.5) is 4.39 Å². The highest BCUT2D eigenvalue weighted by atomic mass is 79.9. The monoisotopic (exact) mass is 298 g/mol. The molecule has 1 aromatic rings. The summed E-state index contributed by atoms with van der Waals surface area (Å²) in [5, 5.41) is 11.0. The van der Waals surface area contributed by atoms with Crippen LogP contribution in [0.5, 0.6) is 0 Å².